The van der Waals surface area contributed by atoms with Gasteiger partial charge >= 0.3 is 6.09 Å². The normalized spacial score (nSPS) is 24.8. The number of amidine groups is 1. The number of carboxylic acid groups (broad SMARTS) is 1. The van der Waals surface area contributed by atoms with Crippen LogP contribution in [0, 0.1) is 23.2 Å². The first-order valence-electron chi connectivity index (χ1n) is 13.7. The number of nitrogens with one attached hydrogen (secondary N) is 3. The molecule has 2 aliphatic carbocycles. The van der Waals surface area contributed by atoms with Gasteiger partial charge in [0.2, 0.25) is 0 Å². The van der Waals surface area contributed by atoms with Crippen LogP contribution in [0.3, 0.4) is 0 Å². The Labute approximate surface area is 216 Å². The number of carbonyl (C=O) groups is 1. The third-order valence-corrected chi connectivity index (χ3v) is 8.59. The fourth-order valence-corrected chi connectivity index (χ4v) is 5.92. The zero-order chi connectivity index (χ0) is 26.2. The Bertz CT molecular complexity index is 1150. The van der Waals surface area contributed by atoms with Gasteiger partial charge in [-0.25, -0.2) is 19.7 Å². The molecule has 5 rings (SSSR count). The van der Waals surface area contributed by atoms with E-state index in [4.69, 9.17) is 20.2 Å². The van der Waals surface area contributed by atoms with E-state index in [0.29, 0.717) is 67.2 Å². The lowest BCUT2D eigenvalue weighted by atomic mass is 9.80. The fraction of sp³-hybridized carbons (Fsp3) is 0.731. The number of amides is 1. The lowest BCUT2D eigenvalue weighted by Crippen LogP contribution is -2.37. The summed E-state index contributed by atoms with van der Waals surface area (Å²) in [5, 5.41) is 34.7. The van der Waals surface area contributed by atoms with Crippen molar-refractivity contribution in [2.75, 3.05) is 18.5 Å². The maximum Gasteiger partial charge on any atom is 0.410 e. The number of ether oxygens (including phenoxy) is 1. The van der Waals surface area contributed by atoms with Crippen molar-refractivity contribution in [2.45, 2.75) is 89.8 Å². The molecule has 1 amide bonds. The second-order valence-electron chi connectivity index (χ2n) is 11.3. The molecule has 37 heavy (non-hydrogen) atoms. The van der Waals surface area contributed by atoms with Crippen molar-refractivity contribution >= 4 is 28.9 Å². The Kier molecular flexibility index (Phi) is 7.35. The van der Waals surface area contributed by atoms with Crippen molar-refractivity contribution < 1.29 is 19.7 Å². The standard InChI is InChI=1S/C26H39N7O4/c1-15-6-8-17(9-7-15)14-33-19-21(28-16(2)18-4-3-5-18)30-23(20(27)29-25(34)35)31-22(19)32-24(33)26(36)10-12-37-13-11-26/h15-18,36H,3-14H2,1-2H3,(H2,27,29)(H,34,35)(H,28,30,31)/t15-,16-,17-/m1/s1. The van der Waals surface area contributed by atoms with Crippen molar-refractivity contribution in [1.29, 1.82) is 5.41 Å². The van der Waals surface area contributed by atoms with E-state index in [1.54, 1.807) is 0 Å². The van der Waals surface area contributed by atoms with Crippen LogP contribution in [-0.2, 0) is 16.9 Å². The molecule has 0 unspecified atom stereocenters. The van der Waals surface area contributed by atoms with Gasteiger partial charge in [0, 0.05) is 38.6 Å². The van der Waals surface area contributed by atoms with Crippen LogP contribution in [0.15, 0.2) is 0 Å². The summed E-state index contributed by atoms with van der Waals surface area (Å²) in [5.74, 6) is 2.37. The number of imidazole rings is 1. The second-order valence-corrected chi connectivity index (χ2v) is 11.3. The number of hydrogen-bond donors (Lipinski definition) is 5. The average molecular weight is 514 g/mol. The molecule has 1 saturated heterocycles. The fourth-order valence-electron chi connectivity index (χ4n) is 5.92. The van der Waals surface area contributed by atoms with Crippen molar-refractivity contribution in [3.05, 3.63) is 11.6 Å². The lowest BCUT2D eigenvalue weighted by molar-refractivity contribution is -0.0753. The summed E-state index contributed by atoms with van der Waals surface area (Å²) in [4.78, 5) is 25.2. The molecule has 2 saturated carbocycles. The van der Waals surface area contributed by atoms with Crippen LogP contribution in [0.1, 0.15) is 83.3 Å². The first kappa shape index (κ1) is 25.8. The van der Waals surface area contributed by atoms with E-state index >= 15 is 0 Å². The molecule has 3 aliphatic rings. The van der Waals surface area contributed by atoms with Crippen molar-refractivity contribution in [3.63, 3.8) is 0 Å². The lowest BCUT2D eigenvalue weighted by Gasteiger charge is -2.34. The Hall–Kier alpha value is -2.79. The summed E-state index contributed by atoms with van der Waals surface area (Å²) < 4.78 is 7.65. The third-order valence-electron chi connectivity index (χ3n) is 8.59. The van der Waals surface area contributed by atoms with Crippen molar-refractivity contribution in [3.8, 4) is 0 Å². The predicted molar refractivity (Wildman–Crippen MR) is 139 cm³/mol. The van der Waals surface area contributed by atoms with E-state index in [2.05, 4.69) is 39.0 Å². The number of aliphatic hydroxyl groups is 1. The molecule has 11 heteroatoms. The minimum Gasteiger partial charge on any atom is -0.465 e. The molecule has 1 aliphatic heterocycles. The van der Waals surface area contributed by atoms with E-state index < -0.39 is 17.5 Å². The average Bonchev–Trinajstić information content (AvgIpc) is 3.19. The number of rotatable bonds is 7. The van der Waals surface area contributed by atoms with Gasteiger partial charge in [0.15, 0.2) is 23.1 Å². The molecule has 0 aromatic carbocycles. The highest BCUT2D eigenvalue weighted by molar-refractivity contribution is 6.03. The van der Waals surface area contributed by atoms with E-state index in [9.17, 15) is 9.90 Å². The monoisotopic (exact) mass is 513 g/mol. The van der Waals surface area contributed by atoms with Crippen LogP contribution in [0.2, 0.25) is 0 Å². The number of hydrogen-bond acceptors (Lipinski definition) is 8. The van der Waals surface area contributed by atoms with E-state index in [1.165, 1.54) is 19.3 Å². The van der Waals surface area contributed by atoms with Gasteiger partial charge in [-0.3, -0.25) is 10.7 Å². The summed E-state index contributed by atoms with van der Waals surface area (Å²) in [6, 6.07) is 0.148. The SMILES string of the molecule is C[C@@H](Nc1nc(C(=N)NC(=O)O)nc2nc(C3(O)CCOCC3)n(C[C@H]3CC[C@H](C)CC3)c12)C1CCC1. The van der Waals surface area contributed by atoms with Crippen LogP contribution in [-0.4, -0.2) is 60.9 Å². The smallest absolute Gasteiger partial charge is 0.410 e. The minimum atomic E-state index is -1.35. The summed E-state index contributed by atoms with van der Waals surface area (Å²) >= 11 is 0. The molecule has 3 fully saturated rings. The minimum absolute atomic E-state index is 0.0418. The topological polar surface area (TPSA) is 158 Å². The van der Waals surface area contributed by atoms with Crippen LogP contribution >= 0.6 is 0 Å². The highest BCUT2D eigenvalue weighted by Gasteiger charge is 2.39. The summed E-state index contributed by atoms with van der Waals surface area (Å²) in [6.45, 7) is 6.05. The molecule has 11 nitrogen and oxygen atoms in total. The molecular weight excluding hydrogens is 474 g/mol. The van der Waals surface area contributed by atoms with Crippen LogP contribution < -0.4 is 10.6 Å². The first-order chi connectivity index (χ1) is 17.7. The Morgan fingerprint density at radius 3 is 2.49 bits per heavy atom. The Morgan fingerprint density at radius 2 is 1.86 bits per heavy atom. The number of aromatic nitrogens is 4. The Balaban J connectivity index is 1.62. The summed E-state index contributed by atoms with van der Waals surface area (Å²) in [5.41, 5.74) is -0.0685. The summed E-state index contributed by atoms with van der Waals surface area (Å²) in [6.07, 6.45) is 7.66. The van der Waals surface area contributed by atoms with Crippen LogP contribution in [0.25, 0.3) is 11.2 Å². The van der Waals surface area contributed by atoms with E-state index in [0.717, 1.165) is 31.6 Å². The quantitative estimate of drug-likeness (QED) is 0.276. The van der Waals surface area contributed by atoms with E-state index in [-0.39, 0.29) is 11.9 Å². The predicted octanol–water partition coefficient (Wildman–Crippen LogP) is 3.84. The van der Waals surface area contributed by atoms with Crippen LogP contribution in [0.5, 0.6) is 0 Å². The van der Waals surface area contributed by atoms with Gasteiger partial charge in [0.25, 0.3) is 0 Å². The number of nitrogens with zero attached hydrogens (tertiary/aromatic N) is 4. The van der Waals surface area contributed by atoms with Crippen molar-refractivity contribution in [2.24, 2.45) is 17.8 Å². The van der Waals surface area contributed by atoms with Gasteiger partial charge in [0.1, 0.15) is 16.9 Å². The Morgan fingerprint density at radius 1 is 1.16 bits per heavy atom. The van der Waals surface area contributed by atoms with Gasteiger partial charge in [0.05, 0.1) is 0 Å². The highest BCUT2D eigenvalue weighted by Crippen LogP contribution is 2.38. The molecule has 2 aromatic heterocycles. The molecule has 1 atom stereocenters. The molecule has 3 heterocycles. The molecule has 0 bridgehead atoms. The molecule has 5 N–H and O–H groups in total. The number of fused-ring (bicyclic) bond motifs is 1. The zero-order valence-electron chi connectivity index (χ0n) is 21.8. The van der Waals surface area contributed by atoms with Gasteiger partial charge in [-0.15, -0.1) is 0 Å². The first-order valence-corrected chi connectivity index (χ1v) is 13.7. The van der Waals surface area contributed by atoms with E-state index in [1.807, 2.05) is 0 Å². The third kappa shape index (κ3) is 5.43. The van der Waals surface area contributed by atoms with Gasteiger partial charge in [-0.1, -0.05) is 26.2 Å². The molecule has 0 spiro atoms. The molecule has 202 valence electrons. The largest absolute Gasteiger partial charge is 0.465 e. The maximum atomic E-state index is 11.7. The molecule has 2 aromatic rings. The van der Waals surface area contributed by atoms with Gasteiger partial charge in [-0.2, -0.15) is 0 Å². The molecule has 0 radical (unpaired) electrons. The number of anilines is 1. The second kappa shape index (κ2) is 10.5. The van der Waals surface area contributed by atoms with Crippen molar-refractivity contribution in [1.82, 2.24) is 24.8 Å². The molecular formula is C26H39N7O4. The highest BCUT2D eigenvalue weighted by atomic mass is 16.5. The maximum absolute atomic E-state index is 11.7. The van der Waals surface area contributed by atoms with Gasteiger partial charge in [-0.05, 0) is 50.4 Å². The zero-order valence-corrected chi connectivity index (χ0v) is 21.8. The summed E-state index contributed by atoms with van der Waals surface area (Å²) in [7, 11) is 0. The van der Waals surface area contributed by atoms with Gasteiger partial charge < -0.3 is 24.8 Å². The van der Waals surface area contributed by atoms with Crippen LogP contribution in [0.4, 0.5) is 10.6 Å².